The van der Waals surface area contributed by atoms with Crippen LogP contribution in [0.1, 0.15) is 0 Å². The molecule has 0 fully saturated rings. The minimum atomic E-state index is -5.21. The fourth-order valence-electron chi connectivity index (χ4n) is 4.85. The zero-order valence-electron chi connectivity index (χ0n) is 30.0. The number of hydrogen-bond donors (Lipinski definition) is 3. The van der Waals surface area contributed by atoms with E-state index >= 15 is 0 Å². The average molecular weight is 885 g/mol. The minimum Gasteiger partial charge on any atom is -0.754 e. The fourth-order valence-corrected chi connectivity index (χ4v) is 7.32. The molecular weight excluding hydrogens is 868 g/mol. The number of anilines is 6. The zero-order valence-corrected chi connectivity index (χ0v) is 43.2. The van der Waals surface area contributed by atoms with Crippen LogP contribution in [0.2, 0.25) is 0 Å². The number of nitrogens with one attached hydrogen (secondary N) is 3. The van der Waals surface area contributed by atoms with Gasteiger partial charge in [0.25, 0.3) is 0 Å². The Morgan fingerprint density at radius 1 is 0.429 bits per heavy atom. The number of nitrogens with zero attached hydrogens (tertiary/aromatic N) is 3. The van der Waals surface area contributed by atoms with E-state index in [0.717, 1.165) is 24.3 Å². The van der Waals surface area contributed by atoms with Gasteiger partial charge in [0.15, 0.2) is 0 Å². The Bertz CT molecular complexity index is 2860. The van der Waals surface area contributed by atoms with Gasteiger partial charge in [-0.15, -0.1) is 10.8 Å². The molecule has 0 radical (unpaired) electrons. The summed E-state index contributed by atoms with van der Waals surface area (Å²) in [6.45, 7) is 0. The van der Waals surface area contributed by atoms with Gasteiger partial charge in [-0.3, -0.25) is 8.42 Å². The summed E-state index contributed by atoms with van der Waals surface area (Å²) in [5.41, 5.74) is 0.673. The van der Waals surface area contributed by atoms with Gasteiger partial charge in [-0.25, -0.2) is 25.3 Å². The van der Waals surface area contributed by atoms with Gasteiger partial charge in [0.05, 0.1) is 24.8 Å². The van der Waals surface area contributed by atoms with Crippen LogP contribution in [0.15, 0.2) is 105 Å². The summed E-state index contributed by atoms with van der Waals surface area (Å²) in [6.07, 6.45) is 0. The van der Waals surface area contributed by atoms with E-state index in [2.05, 4.69) is 37.0 Å². The van der Waals surface area contributed by atoms with Crippen LogP contribution in [-0.2, 0) is 40.5 Å². The number of benzene rings is 5. The van der Waals surface area contributed by atoms with Crippen LogP contribution in [-0.4, -0.2) is 66.8 Å². The molecule has 264 valence electrons. The molecule has 0 saturated carbocycles. The average Bonchev–Trinajstić information content (AvgIpc) is 3.02. The van der Waals surface area contributed by atoms with E-state index in [-0.39, 0.29) is 193 Å². The molecule has 0 spiro atoms. The monoisotopic (exact) mass is 884 g/mol. The van der Waals surface area contributed by atoms with Crippen LogP contribution in [0.4, 0.5) is 34.9 Å². The van der Waals surface area contributed by atoms with Gasteiger partial charge in [0, 0.05) is 17.1 Å². The molecule has 0 amide bonds. The maximum atomic E-state index is 11.9. The van der Waals surface area contributed by atoms with Crippen LogP contribution in [0.3, 0.4) is 0 Å². The smallest absolute Gasteiger partial charge is 0.754 e. The van der Waals surface area contributed by atoms with E-state index in [1.165, 1.54) is 54.6 Å². The molecule has 5 aromatic carbocycles. The van der Waals surface area contributed by atoms with Gasteiger partial charge in [-0.05, 0) is 70.3 Å². The third-order valence-corrected chi connectivity index (χ3v) is 10.4. The molecule has 0 bridgehead atoms. The Morgan fingerprint density at radius 3 is 1.29 bits per heavy atom. The van der Waals surface area contributed by atoms with Crippen molar-refractivity contribution >= 4 is 96.9 Å². The third kappa shape index (κ3) is 13.3. The Labute approximate surface area is 431 Å². The zero-order chi connectivity index (χ0) is 36.9. The van der Waals surface area contributed by atoms with E-state index in [9.17, 15) is 51.9 Å². The summed E-state index contributed by atoms with van der Waals surface area (Å²) in [4.78, 5) is 9.98. The van der Waals surface area contributed by atoms with Crippen molar-refractivity contribution in [3.8, 4) is 0 Å². The Kier molecular flexibility index (Phi) is 20.1. The number of hydrogen-bond acceptors (Lipinski definition) is 18. The summed E-state index contributed by atoms with van der Waals surface area (Å²) >= 11 is 0. The van der Waals surface area contributed by atoms with Crippen LogP contribution >= 0.6 is 0 Å². The fraction of sp³-hybridized carbons (Fsp3) is 0. The van der Waals surface area contributed by atoms with Crippen LogP contribution in [0.5, 0.6) is 0 Å². The molecule has 0 unspecified atom stereocenters. The summed E-state index contributed by atoms with van der Waals surface area (Å²) in [6, 6.07) is 19.1. The quantitative estimate of drug-likeness (QED) is 0.0654. The molecule has 0 saturated heterocycles. The number of aromatic nitrogens is 3. The molecule has 0 aliphatic heterocycles. The second kappa shape index (κ2) is 21.0. The van der Waals surface area contributed by atoms with Crippen molar-refractivity contribution in [2.45, 2.75) is 19.6 Å². The summed E-state index contributed by atoms with van der Waals surface area (Å²) in [7, 11) is -19.9. The van der Waals surface area contributed by atoms with Crippen LogP contribution < -0.4 is 164 Å². The summed E-state index contributed by atoms with van der Waals surface area (Å²) in [5, 5.41) is 8.72. The topological polar surface area (TPSA) is 304 Å². The predicted octanol–water partition coefficient (Wildman–Crippen LogP) is -12.2. The van der Waals surface area contributed by atoms with Gasteiger partial charge in [-0.2, -0.15) is 33.2 Å². The van der Waals surface area contributed by atoms with Crippen molar-refractivity contribution < 1.29 is 200 Å². The molecule has 18 nitrogen and oxygen atoms in total. The van der Waals surface area contributed by atoms with Gasteiger partial charge < -0.3 is 34.2 Å². The first-order valence-corrected chi connectivity index (χ1v) is 19.4. The molecule has 1 aromatic heterocycles. The van der Waals surface area contributed by atoms with E-state index in [4.69, 9.17) is 0 Å². The van der Waals surface area contributed by atoms with E-state index in [0.29, 0.717) is 17.1 Å². The van der Waals surface area contributed by atoms with Crippen molar-refractivity contribution in [2.24, 2.45) is 0 Å². The molecule has 0 aliphatic carbocycles. The second-order valence-electron chi connectivity index (χ2n) is 10.5. The van der Waals surface area contributed by atoms with Crippen molar-refractivity contribution in [3.63, 3.8) is 0 Å². The minimum absolute atomic E-state index is 0. The first kappa shape index (κ1) is 53.7. The molecule has 3 N–H and O–H groups in total. The molecular formula is C29H17N6Na5O12S4. The molecule has 1 heterocycles. The van der Waals surface area contributed by atoms with Crippen molar-refractivity contribution in [1.29, 1.82) is 0 Å². The Hall–Kier alpha value is -0.330. The van der Waals surface area contributed by atoms with E-state index in [1.54, 1.807) is 0 Å². The van der Waals surface area contributed by atoms with Crippen LogP contribution in [0, 0.1) is 6.07 Å². The first-order valence-electron chi connectivity index (χ1n) is 13.8. The molecule has 0 atom stereocenters. The number of rotatable bonds is 10. The Balaban J connectivity index is 0.00000314. The SMILES string of the molecule is O=S(=O)([O-])c1ccc(Nc2nc(Nc3ccc4c(S(=O)(=O)[O-])c[c-]cc4c3)nc(Nc3ccc4c(S(=O)(=O)[O-])cc(S(=O)(=O)[O-])cc4c3)n2)cc1.[Na+].[Na+].[Na+].[Na+].[Na+]. The van der Waals surface area contributed by atoms with Crippen LogP contribution in [0.25, 0.3) is 21.5 Å². The standard InChI is InChI=1S/C29H21N6O12S4.5Na/c36-48(37,38)21-8-4-18(5-9-21)30-27-33-28(31-19-6-10-23-16(12-19)2-1-3-25(23)50(42,43)44)35-29(34-27)32-20-7-11-24-17(13-20)14-22(49(39,40)41)15-26(24)51(45,46)47;;;;;/h2-15H,(H,36,37,38)(H,39,40,41)(H,42,43,44)(H,45,46,47)(H3,30,31,32,33,34,35);;;;;/q-1;5*+1/p-4. The first-order chi connectivity index (χ1) is 23.7. The van der Waals surface area contributed by atoms with E-state index in [1.807, 2.05) is 0 Å². The Morgan fingerprint density at radius 2 is 0.839 bits per heavy atom. The molecule has 27 heteroatoms. The summed E-state index contributed by atoms with van der Waals surface area (Å²) < 4.78 is 140. The van der Waals surface area contributed by atoms with Gasteiger partial charge in [-0.1, -0.05) is 18.2 Å². The number of fused-ring (bicyclic) bond motifs is 2. The largest absolute Gasteiger partial charge is 1.00 e. The maximum absolute atomic E-state index is 11.9. The van der Waals surface area contributed by atoms with Gasteiger partial charge >= 0.3 is 148 Å². The molecule has 56 heavy (non-hydrogen) atoms. The van der Waals surface area contributed by atoms with Gasteiger partial charge in [0.1, 0.15) is 30.4 Å². The molecule has 6 aromatic rings. The maximum Gasteiger partial charge on any atom is 1.00 e. The van der Waals surface area contributed by atoms with Crippen molar-refractivity contribution in [3.05, 3.63) is 91.0 Å². The molecule has 6 rings (SSSR count). The van der Waals surface area contributed by atoms with Crippen molar-refractivity contribution in [1.82, 2.24) is 15.0 Å². The van der Waals surface area contributed by atoms with E-state index < -0.39 is 60.1 Å². The summed E-state index contributed by atoms with van der Waals surface area (Å²) in [5.74, 6) is -0.474. The molecule has 0 aliphatic rings. The third-order valence-electron chi connectivity index (χ3n) is 7.03. The predicted molar refractivity (Wildman–Crippen MR) is 175 cm³/mol. The van der Waals surface area contributed by atoms with Gasteiger partial charge in [0.2, 0.25) is 17.8 Å². The second-order valence-corrected chi connectivity index (χ2v) is 16.0. The normalized spacial score (nSPS) is 11.4. The van der Waals surface area contributed by atoms with Crippen molar-refractivity contribution in [2.75, 3.05) is 16.0 Å².